The fourth-order valence-corrected chi connectivity index (χ4v) is 3.16. The summed E-state index contributed by atoms with van der Waals surface area (Å²) in [6, 6.07) is 5.23. The molecule has 2 unspecified atom stereocenters. The largest absolute Gasteiger partial charge is 0.481 e. The maximum absolute atomic E-state index is 12.3. The molecule has 0 spiro atoms. The molecule has 2 aliphatic carbocycles. The SMILES string of the molecule is O=C(Nc1ccccn1)[C@@H]1C2C=CC(C2)[C@@H]1C(=O)O. The minimum absolute atomic E-state index is 0.0121. The molecule has 19 heavy (non-hydrogen) atoms. The number of carboxylic acids is 1. The summed E-state index contributed by atoms with van der Waals surface area (Å²) in [7, 11) is 0. The zero-order valence-electron chi connectivity index (χ0n) is 10.2. The molecular formula is C14H14N2O3. The van der Waals surface area contributed by atoms with Crippen LogP contribution in [0.3, 0.4) is 0 Å². The van der Waals surface area contributed by atoms with Gasteiger partial charge in [0.25, 0.3) is 0 Å². The zero-order valence-corrected chi connectivity index (χ0v) is 10.2. The lowest BCUT2D eigenvalue weighted by atomic mass is 9.82. The van der Waals surface area contributed by atoms with Gasteiger partial charge in [0.05, 0.1) is 11.8 Å². The molecule has 0 radical (unpaired) electrons. The second-order valence-corrected chi connectivity index (χ2v) is 5.04. The van der Waals surface area contributed by atoms with Gasteiger partial charge in [0.2, 0.25) is 5.91 Å². The summed E-state index contributed by atoms with van der Waals surface area (Å²) < 4.78 is 0. The van der Waals surface area contributed by atoms with Crippen LogP contribution < -0.4 is 5.32 Å². The lowest BCUT2D eigenvalue weighted by molar-refractivity contribution is -0.146. The maximum atomic E-state index is 12.3. The molecule has 5 heteroatoms. The molecule has 1 aromatic rings. The number of pyridine rings is 1. The normalized spacial score (nSPS) is 31.4. The Labute approximate surface area is 110 Å². The van der Waals surface area contributed by atoms with E-state index in [1.54, 1.807) is 24.4 Å². The van der Waals surface area contributed by atoms with Crippen LogP contribution in [-0.4, -0.2) is 22.0 Å². The molecule has 2 N–H and O–H groups in total. The van der Waals surface area contributed by atoms with Gasteiger partial charge in [0, 0.05) is 6.20 Å². The van der Waals surface area contributed by atoms with Gasteiger partial charge >= 0.3 is 5.97 Å². The van der Waals surface area contributed by atoms with E-state index in [9.17, 15) is 14.7 Å². The van der Waals surface area contributed by atoms with E-state index >= 15 is 0 Å². The number of carbonyl (C=O) groups excluding carboxylic acids is 1. The Morgan fingerprint density at radius 1 is 1.21 bits per heavy atom. The smallest absolute Gasteiger partial charge is 0.307 e. The van der Waals surface area contributed by atoms with Crippen LogP contribution in [-0.2, 0) is 9.59 Å². The molecule has 1 heterocycles. The number of hydrogen-bond acceptors (Lipinski definition) is 3. The summed E-state index contributed by atoms with van der Waals surface area (Å²) >= 11 is 0. The van der Waals surface area contributed by atoms with Gasteiger partial charge < -0.3 is 10.4 Å². The van der Waals surface area contributed by atoms with Crippen LogP contribution in [0.15, 0.2) is 36.5 Å². The van der Waals surface area contributed by atoms with Crippen LogP contribution in [0.5, 0.6) is 0 Å². The van der Waals surface area contributed by atoms with Crippen LogP contribution >= 0.6 is 0 Å². The fraction of sp³-hybridized carbons (Fsp3) is 0.357. The lowest BCUT2D eigenvalue weighted by Gasteiger charge is -2.23. The van der Waals surface area contributed by atoms with Crippen molar-refractivity contribution in [3.63, 3.8) is 0 Å². The summed E-state index contributed by atoms with van der Waals surface area (Å²) in [5.74, 6) is -1.76. The summed E-state index contributed by atoms with van der Waals surface area (Å²) in [4.78, 5) is 27.6. The lowest BCUT2D eigenvalue weighted by Crippen LogP contribution is -2.36. The zero-order chi connectivity index (χ0) is 13.4. The third kappa shape index (κ3) is 2.01. The molecule has 1 saturated carbocycles. The first-order valence-corrected chi connectivity index (χ1v) is 6.30. The van der Waals surface area contributed by atoms with Crippen LogP contribution in [0.1, 0.15) is 6.42 Å². The van der Waals surface area contributed by atoms with Gasteiger partial charge in [0.1, 0.15) is 5.82 Å². The van der Waals surface area contributed by atoms with E-state index in [4.69, 9.17) is 0 Å². The Hall–Kier alpha value is -2.17. The number of fused-ring (bicyclic) bond motifs is 2. The van der Waals surface area contributed by atoms with Crippen molar-refractivity contribution in [3.05, 3.63) is 36.5 Å². The predicted octanol–water partition coefficient (Wildman–Crippen LogP) is 1.54. The Kier molecular flexibility index (Phi) is 2.81. The first kappa shape index (κ1) is 11.9. The number of carboxylic acid groups (broad SMARTS) is 1. The second-order valence-electron chi connectivity index (χ2n) is 5.04. The van der Waals surface area contributed by atoms with Crippen molar-refractivity contribution >= 4 is 17.7 Å². The highest BCUT2D eigenvalue weighted by Crippen LogP contribution is 2.48. The highest BCUT2D eigenvalue weighted by molar-refractivity contribution is 5.95. The maximum Gasteiger partial charge on any atom is 0.307 e. The van der Waals surface area contributed by atoms with Crippen LogP contribution in [0.25, 0.3) is 0 Å². The van der Waals surface area contributed by atoms with Crippen LogP contribution in [0, 0.1) is 23.7 Å². The molecule has 3 rings (SSSR count). The molecule has 5 nitrogen and oxygen atoms in total. The van der Waals surface area contributed by atoms with E-state index < -0.39 is 17.8 Å². The van der Waals surface area contributed by atoms with E-state index in [-0.39, 0.29) is 17.7 Å². The first-order chi connectivity index (χ1) is 9.16. The summed E-state index contributed by atoms with van der Waals surface area (Å²) in [5, 5.41) is 12.0. The molecule has 1 fully saturated rings. The van der Waals surface area contributed by atoms with Crippen molar-refractivity contribution in [2.24, 2.45) is 23.7 Å². The highest BCUT2D eigenvalue weighted by Gasteiger charge is 2.51. The van der Waals surface area contributed by atoms with Crippen molar-refractivity contribution in [2.75, 3.05) is 5.32 Å². The molecule has 0 saturated heterocycles. The van der Waals surface area contributed by atoms with Gasteiger partial charge in [-0.15, -0.1) is 0 Å². The molecule has 98 valence electrons. The van der Waals surface area contributed by atoms with E-state index in [1.165, 1.54) is 0 Å². The summed E-state index contributed by atoms with van der Waals surface area (Å²) in [6.07, 6.45) is 6.24. The number of nitrogens with one attached hydrogen (secondary N) is 1. The fourth-order valence-electron chi connectivity index (χ4n) is 3.16. The molecule has 1 aromatic heterocycles. The summed E-state index contributed by atoms with van der Waals surface area (Å²) in [5.41, 5.74) is 0. The molecule has 4 atom stereocenters. The number of rotatable bonds is 3. The Balaban J connectivity index is 1.79. The van der Waals surface area contributed by atoms with Crippen molar-refractivity contribution in [2.45, 2.75) is 6.42 Å². The van der Waals surface area contributed by atoms with E-state index in [0.717, 1.165) is 6.42 Å². The van der Waals surface area contributed by atoms with Crippen molar-refractivity contribution in [1.29, 1.82) is 0 Å². The third-order valence-corrected chi connectivity index (χ3v) is 3.96. The quantitative estimate of drug-likeness (QED) is 0.806. The molecule has 2 aliphatic rings. The minimum atomic E-state index is -0.891. The van der Waals surface area contributed by atoms with Gasteiger partial charge in [-0.3, -0.25) is 9.59 Å². The number of allylic oxidation sites excluding steroid dienone is 2. The van der Waals surface area contributed by atoms with Crippen LogP contribution in [0.4, 0.5) is 5.82 Å². The van der Waals surface area contributed by atoms with Gasteiger partial charge in [-0.2, -0.15) is 0 Å². The predicted molar refractivity (Wildman–Crippen MR) is 68.2 cm³/mol. The number of aromatic nitrogens is 1. The Bertz CT molecular complexity index is 541. The third-order valence-electron chi connectivity index (χ3n) is 3.96. The summed E-state index contributed by atoms with van der Waals surface area (Å²) in [6.45, 7) is 0. The van der Waals surface area contributed by atoms with Crippen molar-refractivity contribution in [1.82, 2.24) is 4.98 Å². The number of hydrogen-bond donors (Lipinski definition) is 2. The molecule has 1 amide bonds. The molecule has 0 aliphatic heterocycles. The van der Waals surface area contributed by atoms with E-state index in [2.05, 4.69) is 10.3 Å². The molecule has 0 aromatic carbocycles. The Morgan fingerprint density at radius 2 is 1.95 bits per heavy atom. The number of amides is 1. The van der Waals surface area contributed by atoms with E-state index in [0.29, 0.717) is 5.82 Å². The number of carbonyl (C=O) groups is 2. The van der Waals surface area contributed by atoms with Crippen molar-refractivity contribution < 1.29 is 14.7 Å². The van der Waals surface area contributed by atoms with Gasteiger partial charge in [-0.25, -0.2) is 4.98 Å². The number of nitrogens with zero attached hydrogens (tertiary/aromatic N) is 1. The second kappa shape index (κ2) is 4.50. The van der Waals surface area contributed by atoms with Gasteiger partial charge in [-0.1, -0.05) is 18.2 Å². The first-order valence-electron chi connectivity index (χ1n) is 6.30. The average molecular weight is 258 g/mol. The molecule has 2 bridgehead atoms. The minimum Gasteiger partial charge on any atom is -0.481 e. The van der Waals surface area contributed by atoms with Crippen LogP contribution in [0.2, 0.25) is 0 Å². The number of anilines is 1. The monoisotopic (exact) mass is 258 g/mol. The highest BCUT2D eigenvalue weighted by atomic mass is 16.4. The van der Waals surface area contributed by atoms with Gasteiger partial charge in [-0.05, 0) is 30.4 Å². The topological polar surface area (TPSA) is 79.3 Å². The average Bonchev–Trinajstić information content (AvgIpc) is 2.99. The molecular weight excluding hydrogens is 244 g/mol. The van der Waals surface area contributed by atoms with E-state index in [1.807, 2.05) is 12.2 Å². The Morgan fingerprint density at radius 3 is 2.58 bits per heavy atom. The van der Waals surface area contributed by atoms with Gasteiger partial charge in [0.15, 0.2) is 0 Å². The standard InChI is InChI=1S/C14H14N2O3/c17-13(16-10-3-1-2-6-15-10)11-8-4-5-9(7-8)12(11)14(18)19/h1-6,8-9,11-12H,7H2,(H,18,19)(H,15,16,17)/t8?,9?,11-,12+/m1/s1. The number of aliphatic carboxylic acids is 1. The van der Waals surface area contributed by atoms with Crippen molar-refractivity contribution in [3.8, 4) is 0 Å².